The summed E-state index contributed by atoms with van der Waals surface area (Å²) in [5.74, 6) is 2.88. The van der Waals surface area contributed by atoms with Crippen LogP contribution in [0.15, 0.2) is 0 Å². The molecule has 10 unspecified atom stereocenters. The van der Waals surface area contributed by atoms with E-state index in [9.17, 15) is 19.8 Å². The molecular formula is C33H52N2O5S. The third kappa shape index (κ3) is 5.62. The molecule has 4 aliphatic rings. The van der Waals surface area contributed by atoms with E-state index in [-0.39, 0.29) is 28.9 Å². The minimum atomic E-state index is -0.466. The Labute approximate surface area is 250 Å². The van der Waals surface area contributed by atoms with Crippen molar-refractivity contribution in [3.8, 4) is 0 Å². The van der Waals surface area contributed by atoms with Crippen LogP contribution in [0.5, 0.6) is 0 Å². The van der Waals surface area contributed by atoms with Crippen molar-refractivity contribution in [2.75, 3.05) is 12.4 Å². The molecule has 7 nitrogen and oxygen atoms in total. The molecule has 10 atom stereocenters. The van der Waals surface area contributed by atoms with Crippen LogP contribution < -0.4 is 5.32 Å². The van der Waals surface area contributed by atoms with Gasteiger partial charge in [-0.3, -0.25) is 4.79 Å². The number of aliphatic hydroxyl groups excluding tert-OH is 2. The molecule has 0 radical (unpaired) electrons. The number of aromatic nitrogens is 1. The first-order valence-corrected chi connectivity index (χ1v) is 16.9. The molecule has 0 saturated heterocycles. The third-order valence-electron chi connectivity index (χ3n) is 12.2. The summed E-state index contributed by atoms with van der Waals surface area (Å²) in [4.78, 5) is 30.4. The number of carbonyl (C=O) groups excluding carboxylic acids is 2. The second kappa shape index (κ2) is 11.9. The summed E-state index contributed by atoms with van der Waals surface area (Å²) >= 11 is 1.36. The van der Waals surface area contributed by atoms with Crippen LogP contribution in [-0.2, 0) is 16.0 Å². The number of rotatable bonds is 8. The van der Waals surface area contributed by atoms with Gasteiger partial charge in [0.2, 0.25) is 5.91 Å². The highest BCUT2D eigenvalue weighted by molar-refractivity contribution is 7.16. The fourth-order valence-corrected chi connectivity index (χ4v) is 11.2. The van der Waals surface area contributed by atoms with Crippen molar-refractivity contribution in [2.45, 2.75) is 117 Å². The van der Waals surface area contributed by atoms with Gasteiger partial charge in [0, 0.05) is 11.3 Å². The van der Waals surface area contributed by atoms with E-state index in [1.807, 2.05) is 0 Å². The van der Waals surface area contributed by atoms with Gasteiger partial charge in [0.05, 0.1) is 19.3 Å². The molecule has 3 N–H and O–H groups in total. The monoisotopic (exact) mass is 588 g/mol. The lowest BCUT2D eigenvalue weighted by molar-refractivity contribution is -0.174. The van der Waals surface area contributed by atoms with Crippen LogP contribution in [0.1, 0.15) is 114 Å². The molecule has 1 amide bonds. The minimum Gasteiger partial charge on any atom is -0.464 e. The zero-order valence-corrected chi connectivity index (χ0v) is 26.8. The van der Waals surface area contributed by atoms with Gasteiger partial charge in [-0.15, -0.1) is 11.3 Å². The van der Waals surface area contributed by atoms with Gasteiger partial charge in [0.15, 0.2) is 10.8 Å². The summed E-state index contributed by atoms with van der Waals surface area (Å²) in [7, 11) is 1.35. The maximum absolute atomic E-state index is 13.0. The number of aliphatic hydroxyl groups is 2. The number of esters is 1. The van der Waals surface area contributed by atoms with E-state index in [4.69, 9.17) is 4.74 Å². The summed E-state index contributed by atoms with van der Waals surface area (Å²) in [6.45, 7) is 11.3. The van der Waals surface area contributed by atoms with Crippen molar-refractivity contribution >= 4 is 28.3 Å². The van der Waals surface area contributed by atoms with Crippen molar-refractivity contribution in [1.29, 1.82) is 0 Å². The average Bonchev–Trinajstić information content (AvgIpc) is 3.48. The number of anilines is 1. The number of amides is 1. The molecule has 230 valence electrons. The van der Waals surface area contributed by atoms with Gasteiger partial charge in [-0.1, -0.05) is 34.6 Å². The lowest BCUT2D eigenvalue weighted by Gasteiger charge is -2.62. The zero-order valence-electron chi connectivity index (χ0n) is 25.9. The van der Waals surface area contributed by atoms with Gasteiger partial charge < -0.3 is 20.3 Å². The highest BCUT2D eigenvalue weighted by Crippen LogP contribution is 2.68. The van der Waals surface area contributed by atoms with Crippen LogP contribution in [0.3, 0.4) is 0 Å². The smallest absolute Gasteiger partial charge is 0.357 e. The maximum atomic E-state index is 13.0. The Morgan fingerprint density at radius 1 is 1.07 bits per heavy atom. The number of thiazole rings is 1. The second-order valence-electron chi connectivity index (χ2n) is 14.8. The van der Waals surface area contributed by atoms with E-state index in [1.165, 1.54) is 37.7 Å². The van der Waals surface area contributed by atoms with Gasteiger partial charge in [-0.25, -0.2) is 9.78 Å². The molecule has 4 saturated carbocycles. The predicted octanol–water partition coefficient (Wildman–Crippen LogP) is 6.47. The van der Waals surface area contributed by atoms with Gasteiger partial charge in [-0.2, -0.15) is 0 Å². The van der Waals surface area contributed by atoms with Crippen molar-refractivity contribution in [3.05, 3.63) is 10.6 Å². The number of nitrogens with one attached hydrogen (secondary N) is 1. The van der Waals surface area contributed by atoms with E-state index in [0.717, 1.165) is 43.4 Å². The zero-order chi connectivity index (χ0) is 29.7. The van der Waals surface area contributed by atoms with E-state index >= 15 is 0 Å². The molecule has 1 aromatic rings. The normalized spacial score (nSPS) is 39.0. The predicted molar refractivity (Wildman–Crippen MR) is 162 cm³/mol. The molecule has 0 aliphatic heterocycles. The van der Waals surface area contributed by atoms with Gasteiger partial charge in [0.1, 0.15) is 0 Å². The second-order valence-corrected chi connectivity index (χ2v) is 15.9. The molecule has 0 aromatic carbocycles. The van der Waals surface area contributed by atoms with Crippen LogP contribution >= 0.6 is 11.3 Å². The average molecular weight is 589 g/mol. The molecule has 4 aliphatic carbocycles. The Kier molecular flexibility index (Phi) is 8.96. The first kappa shape index (κ1) is 30.9. The largest absolute Gasteiger partial charge is 0.464 e. The fourth-order valence-electron chi connectivity index (χ4n) is 10.1. The Bertz CT molecular complexity index is 1120. The molecule has 0 spiro atoms. The Hall–Kier alpha value is -1.51. The first-order valence-electron chi connectivity index (χ1n) is 16.1. The molecule has 4 fully saturated rings. The number of ether oxygens (including phenoxy) is 1. The summed E-state index contributed by atoms with van der Waals surface area (Å²) < 4.78 is 4.91. The summed E-state index contributed by atoms with van der Waals surface area (Å²) in [5, 5.41) is 25.6. The standard InChI is InChI=1S/C33H52N2O5S/c1-18(2)15-26-29(30(39)40-6)35-31(41-26)34-28(38)12-7-19(3)23-10-11-24-22-9-8-20-16-21(36)13-14-32(20,4)25(22)17-27(37)33(23,24)5/h18-25,27,36-37H,7-17H2,1-6H3,(H,34,35,38). The molecule has 8 heteroatoms. The van der Waals surface area contributed by atoms with E-state index in [1.54, 1.807) is 0 Å². The van der Waals surface area contributed by atoms with E-state index < -0.39 is 5.97 Å². The van der Waals surface area contributed by atoms with Crippen LogP contribution in [-0.4, -0.2) is 46.4 Å². The third-order valence-corrected chi connectivity index (χ3v) is 13.2. The lowest BCUT2D eigenvalue weighted by atomic mass is 9.43. The minimum absolute atomic E-state index is 0.0761. The van der Waals surface area contributed by atoms with E-state index in [0.29, 0.717) is 65.1 Å². The number of methoxy groups -OCH3 is 1. The number of carbonyl (C=O) groups is 2. The van der Waals surface area contributed by atoms with Crippen LogP contribution in [0.4, 0.5) is 5.13 Å². The summed E-state index contributed by atoms with van der Waals surface area (Å²) in [6, 6.07) is 0. The Morgan fingerprint density at radius 2 is 1.83 bits per heavy atom. The molecule has 0 bridgehead atoms. The number of hydrogen-bond acceptors (Lipinski definition) is 7. The Morgan fingerprint density at radius 3 is 2.54 bits per heavy atom. The highest BCUT2D eigenvalue weighted by Gasteiger charge is 2.63. The number of fused-ring (bicyclic) bond motifs is 5. The quantitative estimate of drug-likeness (QED) is 0.300. The molecule has 1 heterocycles. The first-order chi connectivity index (χ1) is 19.4. The Balaban J connectivity index is 1.22. The van der Waals surface area contributed by atoms with Crippen LogP contribution in [0.25, 0.3) is 0 Å². The maximum Gasteiger partial charge on any atom is 0.357 e. The molecule has 1 aromatic heterocycles. The van der Waals surface area contributed by atoms with Gasteiger partial charge in [0.25, 0.3) is 0 Å². The van der Waals surface area contributed by atoms with E-state index in [2.05, 4.69) is 44.9 Å². The van der Waals surface area contributed by atoms with Crippen molar-refractivity contribution < 1.29 is 24.5 Å². The highest BCUT2D eigenvalue weighted by atomic mass is 32.1. The topological polar surface area (TPSA) is 109 Å². The SMILES string of the molecule is COC(=O)c1nc(NC(=O)CCC(C)C2CCC3C4CCC5CC(O)CCC5(C)C4CC(O)C23C)sc1CC(C)C. The van der Waals surface area contributed by atoms with Crippen LogP contribution in [0.2, 0.25) is 0 Å². The number of nitrogens with zero attached hydrogens (tertiary/aromatic N) is 1. The number of hydrogen-bond donors (Lipinski definition) is 3. The van der Waals surface area contributed by atoms with Crippen molar-refractivity contribution in [1.82, 2.24) is 4.98 Å². The van der Waals surface area contributed by atoms with Crippen molar-refractivity contribution in [3.63, 3.8) is 0 Å². The summed E-state index contributed by atoms with van der Waals surface area (Å²) in [5.41, 5.74) is 0.437. The fraction of sp³-hybridized carbons (Fsp3) is 0.848. The molecular weight excluding hydrogens is 536 g/mol. The lowest BCUT2D eigenvalue weighted by Crippen LogP contribution is -2.58. The molecule has 5 rings (SSSR count). The molecule has 41 heavy (non-hydrogen) atoms. The van der Waals surface area contributed by atoms with Crippen molar-refractivity contribution in [2.24, 2.45) is 52.3 Å². The van der Waals surface area contributed by atoms with Gasteiger partial charge >= 0.3 is 5.97 Å². The summed E-state index contributed by atoms with van der Waals surface area (Å²) in [6.07, 6.45) is 9.96. The van der Waals surface area contributed by atoms with Crippen LogP contribution in [0, 0.1) is 52.3 Å². The van der Waals surface area contributed by atoms with Gasteiger partial charge in [-0.05, 0) is 116 Å².